The second kappa shape index (κ2) is 8.94. The lowest BCUT2D eigenvalue weighted by atomic mass is 10.1. The van der Waals surface area contributed by atoms with E-state index in [1.54, 1.807) is 56.7 Å². The van der Waals surface area contributed by atoms with Crippen molar-refractivity contribution in [1.29, 1.82) is 0 Å². The summed E-state index contributed by atoms with van der Waals surface area (Å²) in [6.07, 6.45) is 4.78. The summed E-state index contributed by atoms with van der Waals surface area (Å²) in [5.74, 6) is 1.47. The lowest BCUT2D eigenvalue weighted by Gasteiger charge is -2.09. The molecule has 130 valence electrons. The zero-order valence-electron chi connectivity index (χ0n) is 14.1. The molecule has 2 aromatic carbocycles. The summed E-state index contributed by atoms with van der Waals surface area (Å²) in [5.41, 5.74) is 1.20. The van der Waals surface area contributed by atoms with Gasteiger partial charge in [-0.15, -0.1) is 0 Å². The number of carbonyl (C=O) groups excluding carboxylic acids is 1. The molecule has 25 heavy (non-hydrogen) atoms. The Labute approximate surface area is 152 Å². The fourth-order valence-electron chi connectivity index (χ4n) is 2.19. The van der Waals surface area contributed by atoms with Crippen LogP contribution in [0.5, 0.6) is 17.2 Å². The molecule has 0 spiro atoms. The third-order valence-electron chi connectivity index (χ3n) is 3.40. The van der Waals surface area contributed by atoms with Gasteiger partial charge in [-0.05, 0) is 42.0 Å². The van der Waals surface area contributed by atoms with Crippen molar-refractivity contribution in [2.45, 2.75) is 0 Å². The van der Waals surface area contributed by atoms with Crippen LogP contribution in [0, 0.1) is 0 Å². The average Bonchev–Trinajstić information content (AvgIpc) is 2.64. The van der Waals surface area contributed by atoms with Gasteiger partial charge in [0.05, 0.1) is 19.8 Å². The number of ether oxygens (including phenoxy) is 3. The summed E-state index contributed by atoms with van der Waals surface area (Å²) < 4.78 is 16.0. The van der Waals surface area contributed by atoms with E-state index in [1.165, 1.54) is 6.08 Å². The molecule has 0 aliphatic rings. The predicted molar refractivity (Wildman–Crippen MR) is 100 cm³/mol. The maximum absolute atomic E-state index is 12.5. The topological polar surface area (TPSA) is 44.8 Å². The normalized spacial score (nSPS) is 10.5. The van der Waals surface area contributed by atoms with Gasteiger partial charge in [0.25, 0.3) is 0 Å². The highest BCUT2D eigenvalue weighted by molar-refractivity contribution is 6.31. The van der Waals surface area contributed by atoms with E-state index in [9.17, 15) is 4.79 Å². The average molecular weight is 359 g/mol. The molecule has 0 fully saturated rings. The molecule has 0 aromatic heterocycles. The van der Waals surface area contributed by atoms with Crippen molar-refractivity contribution in [3.05, 3.63) is 71.3 Å². The third-order valence-corrected chi connectivity index (χ3v) is 3.63. The third kappa shape index (κ3) is 4.88. The van der Waals surface area contributed by atoms with E-state index in [0.29, 0.717) is 34.4 Å². The highest BCUT2D eigenvalue weighted by Gasteiger charge is 2.11. The number of hydrogen-bond acceptors (Lipinski definition) is 4. The molecule has 0 aliphatic carbocycles. The van der Waals surface area contributed by atoms with Crippen LogP contribution in [-0.4, -0.2) is 26.6 Å². The summed E-state index contributed by atoms with van der Waals surface area (Å²) in [5, 5.41) is 0.466. The van der Waals surface area contributed by atoms with Crippen LogP contribution in [0.1, 0.15) is 15.9 Å². The number of rotatable bonds is 8. The molecule has 0 amide bonds. The van der Waals surface area contributed by atoms with E-state index in [-0.39, 0.29) is 5.78 Å². The largest absolute Gasteiger partial charge is 0.493 e. The van der Waals surface area contributed by atoms with E-state index in [2.05, 4.69) is 6.58 Å². The van der Waals surface area contributed by atoms with Gasteiger partial charge in [0.1, 0.15) is 12.4 Å². The summed E-state index contributed by atoms with van der Waals surface area (Å²) in [4.78, 5) is 12.5. The van der Waals surface area contributed by atoms with E-state index in [0.717, 1.165) is 5.56 Å². The van der Waals surface area contributed by atoms with Crippen molar-refractivity contribution < 1.29 is 19.0 Å². The number of methoxy groups -OCH3 is 2. The highest BCUT2D eigenvalue weighted by Crippen LogP contribution is 2.28. The van der Waals surface area contributed by atoms with Crippen molar-refractivity contribution in [3.63, 3.8) is 0 Å². The first-order valence-corrected chi connectivity index (χ1v) is 7.94. The summed E-state index contributed by atoms with van der Waals surface area (Å²) in [7, 11) is 3.13. The molecule has 4 nitrogen and oxygen atoms in total. The zero-order valence-corrected chi connectivity index (χ0v) is 14.9. The van der Waals surface area contributed by atoms with Crippen LogP contribution in [0.25, 0.3) is 6.08 Å². The number of halogens is 1. The molecular weight excluding hydrogens is 340 g/mol. The molecule has 0 saturated heterocycles. The second-order valence-electron chi connectivity index (χ2n) is 5.05. The molecule has 0 saturated carbocycles. The second-order valence-corrected chi connectivity index (χ2v) is 5.49. The van der Waals surface area contributed by atoms with Gasteiger partial charge in [0, 0.05) is 5.02 Å². The number of benzene rings is 2. The van der Waals surface area contributed by atoms with Crippen LogP contribution in [0.15, 0.2) is 55.1 Å². The summed E-state index contributed by atoms with van der Waals surface area (Å²) in [6.45, 7) is 3.91. The Balaban J connectivity index is 2.25. The van der Waals surface area contributed by atoms with Crippen LogP contribution in [0.2, 0.25) is 5.02 Å². The fraction of sp³-hybridized carbons (Fsp3) is 0.150. The van der Waals surface area contributed by atoms with Gasteiger partial charge < -0.3 is 14.2 Å². The number of ketones is 1. The van der Waals surface area contributed by atoms with Gasteiger partial charge in [-0.25, -0.2) is 0 Å². The van der Waals surface area contributed by atoms with Crippen molar-refractivity contribution in [2.75, 3.05) is 20.8 Å². The molecule has 2 rings (SSSR count). The summed E-state index contributed by atoms with van der Waals surface area (Å²) >= 11 is 6.00. The number of carbonyl (C=O) groups is 1. The van der Waals surface area contributed by atoms with Gasteiger partial charge in [-0.3, -0.25) is 4.79 Å². The minimum absolute atomic E-state index is 0.212. The zero-order chi connectivity index (χ0) is 18.2. The molecular formula is C20H19ClO4. The highest BCUT2D eigenvalue weighted by atomic mass is 35.5. The first kappa shape index (κ1) is 18.6. The Kier molecular flexibility index (Phi) is 6.66. The first-order chi connectivity index (χ1) is 12.1. The lowest BCUT2D eigenvalue weighted by molar-refractivity contribution is 0.104. The monoisotopic (exact) mass is 358 g/mol. The molecule has 0 radical (unpaired) electrons. The molecule has 0 aliphatic heterocycles. The van der Waals surface area contributed by atoms with Crippen LogP contribution in [0.4, 0.5) is 0 Å². The summed E-state index contributed by atoms with van der Waals surface area (Å²) in [6, 6.07) is 10.3. The predicted octanol–water partition coefficient (Wildman–Crippen LogP) is 4.82. The quantitative estimate of drug-likeness (QED) is 0.385. The van der Waals surface area contributed by atoms with Gasteiger partial charge in [-0.1, -0.05) is 36.4 Å². The van der Waals surface area contributed by atoms with Gasteiger partial charge >= 0.3 is 0 Å². The Bertz CT molecular complexity index is 796. The molecule has 0 unspecified atom stereocenters. The van der Waals surface area contributed by atoms with E-state index in [1.807, 2.05) is 6.07 Å². The maximum atomic E-state index is 12.5. The number of allylic oxidation sites excluding steroid dienone is 1. The van der Waals surface area contributed by atoms with Crippen LogP contribution in [-0.2, 0) is 0 Å². The Morgan fingerprint density at radius 1 is 1.08 bits per heavy atom. The van der Waals surface area contributed by atoms with E-state index >= 15 is 0 Å². The molecule has 0 bridgehead atoms. The molecule has 0 atom stereocenters. The SMILES string of the molecule is C=CCOc1ccc(Cl)cc1C(=O)/C=C/c1ccc(OC)c(OC)c1. The minimum atomic E-state index is -0.212. The first-order valence-electron chi connectivity index (χ1n) is 7.56. The Morgan fingerprint density at radius 2 is 1.80 bits per heavy atom. The van der Waals surface area contributed by atoms with Crippen molar-refractivity contribution in [1.82, 2.24) is 0 Å². The maximum Gasteiger partial charge on any atom is 0.189 e. The Hall–Kier alpha value is -2.72. The van der Waals surface area contributed by atoms with Gasteiger partial charge in [0.2, 0.25) is 0 Å². The molecule has 0 N–H and O–H groups in total. The molecule has 0 heterocycles. The van der Waals surface area contributed by atoms with Crippen LogP contribution >= 0.6 is 11.6 Å². The van der Waals surface area contributed by atoms with E-state index < -0.39 is 0 Å². The number of hydrogen-bond donors (Lipinski definition) is 0. The van der Waals surface area contributed by atoms with Gasteiger partial charge in [-0.2, -0.15) is 0 Å². The molecule has 5 heteroatoms. The minimum Gasteiger partial charge on any atom is -0.493 e. The van der Waals surface area contributed by atoms with Crippen molar-refractivity contribution >= 4 is 23.5 Å². The van der Waals surface area contributed by atoms with Crippen LogP contribution in [0.3, 0.4) is 0 Å². The molecule has 2 aromatic rings. The smallest absolute Gasteiger partial charge is 0.189 e. The van der Waals surface area contributed by atoms with Gasteiger partial charge in [0.15, 0.2) is 17.3 Å². The standard InChI is InChI=1S/C20H19ClO4/c1-4-11-25-18-10-7-15(21)13-16(18)17(22)8-5-14-6-9-19(23-2)20(12-14)24-3/h4-10,12-13H,1,11H2,2-3H3/b8-5+. The van der Waals surface area contributed by atoms with Crippen molar-refractivity contribution in [2.24, 2.45) is 0 Å². The Morgan fingerprint density at radius 3 is 2.48 bits per heavy atom. The van der Waals surface area contributed by atoms with Crippen LogP contribution < -0.4 is 14.2 Å². The fourth-order valence-corrected chi connectivity index (χ4v) is 2.36. The van der Waals surface area contributed by atoms with E-state index in [4.69, 9.17) is 25.8 Å². The van der Waals surface area contributed by atoms with Crippen molar-refractivity contribution in [3.8, 4) is 17.2 Å². The lowest BCUT2D eigenvalue weighted by Crippen LogP contribution is -2.02.